The molecular weight excluding hydrogens is 451 g/mol. The van der Waals surface area contributed by atoms with Gasteiger partial charge in [-0.1, -0.05) is 6.07 Å². The number of nitrogens with zero attached hydrogens (tertiary/aromatic N) is 4. The smallest absolute Gasteiger partial charge is 0.335 e. The van der Waals surface area contributed by atoms with Crippen molar-refractivity contribution in [1.82, 2.24) is 19.5 Å². The van der Waals surface area contributed by atoms with Crippen LogP contribution in [0.15, 0.2) is 54.9 Å². The normalized spacial score (nSPS) is 11.0. The number of methoxy groups -OCH3 is 1. The van der Waals surface area contributed by atoms with Crippen LogP contribution in [-0.2, 0) is 6.54 Å². The van der Waals surface area contributed by atoms with Crippen LogP contribution < -0.4 is 10.1 Å². The second kappa shape index (κ2) is 8.79. The molecule has 174 valence electrons. The van der Waals surface area contributed by atoms with E-state index >= 15 is 0 Å². The van der Waals surface area contributed by atoms with Crippen LogP contribution in [0.25, 0.3) is 33.2 Å². The van der Waals surface area contributed by atoms with E-state index in [1.807, 2.05) is 6.07 Å². The van der Waals surface area contributed by atoms with Crippen LogP contribution in [0.3, 0.4) is 0 Å². The average molecular weight is 470 g/mol. The standard InChI is InChI=1S/C25H19FN6O3/c1-35-22-5-4-18(26)24-17(22)10-16(12-27)32(24)7-6-28-23-11-20(29-13-30-23)21-8-14-2-3-15(25(33)34)9-19(14)31-21/h2-5,8-11,13,31H,6-7H2,1H3,(H,33,34)(H,28,29,30). The number of aromatic carboxylic acids is 1. The van der Waals surface area contributed by atoms with Crippen LogP contribution in [-0.4, -0.2) is 44.2 Å². The maximum Gasteiger partial charge on any atom is 0.335 e. The van der Waals surface area contributed by atoms with Gasteiger partial charge in [0.05, 0.1) is 29.6 Å². The summed E-state index contributed by atoms with van der Waals surface area (Å²) in [5.41, 5.74) is 2.85. The van der Waals surface area contributed by atoms with Crippen molar-refractivity contribution in [3.8, 4) is 23.2 Å². The van der Waals surface area contributed by atoms with Gasteiger partial charge in [-0.3, -0.25) is 0 Å². The van der Waals surface area contributed by atoms with Crippen molar-refractivity contribution in [2.45, 2.75) is 6.54 Å². The highest BCUT2D eigenvalue weighted by molar-refractivity contribution is 5.95. The van der Waals surface area contributed by atoms with Gasteiger partial charge in [-0.2, -0.15) is 5.26 Å². The number of H-pyrrole nitrogens is 1. The summed E-state index contributed by atoms with van der Waals surface area (Å²) >= 11 is 0. The third kappa shape index (κ3) is 4.00. The lowest BCUT2D eigenvalue weighted by Gasteiger charge is -2.11. The van der Waals surface area contributed by atoms with E-state index in [9.17, 15) is 19.6 Å². The Labute approximate surface area is 198 Å². The molecule has 10 heteroatoms. The van der Waals surface area contributed by atoms with Crippen molar-refractivity contribution in [1.29, 1.82) is 5.26 Å². The number of rotatable bonds is 7. The maximum absolute atomic E-state index is 14.6. The van der Waals surface area contributed by atoms with Crippen LogP contribution in [0, 0.1) is 17.1 Å². The van der Waals surface area contributed by atoms with Crippen molar-refractivity contribution in [3.05, 3.63) is 71.9 Å². The van der Waals surface area contributed by atoms with E-state index in [1.165, 1.54) is 25.6 Å². The van der Waals surface area contributed by atoms with Gasteiger partial charge in [-0.15, -0.1) is 0 Å². The molecule has 0 saturated heterocycles. The fourth-order valence-corrected chi connectivity index (χ4v) is 4.11. The molecule has 0 aliphatic rings. The van der Waals surface area contributed by atoms with Crippen molar-refractivity contribution >= 4 is 33.6 Å². The molecule has 2 aromatic carbocycles. The monoisotopic (exact) mass is 470 g/mol. The second-order valence-corrected chi connectivity index (χ2v) is 7.81. The number of ether oxygens (including phenoxy) is 1. The molecular formula is C25H19FN6O3. The first kappa shape index (κ1) is 21.9. The molecule has 0 unspecified atom stereocenters. The van der Waals surface area contributed by atoms with Gasteiger partial charge in [0, 0.05) is 35.4 Å². The van der Waals surface area contributed by atoms with Crippen LogP contribution >= 0.6 is 0 Å². The highest BCUT2D eigenvalue weighted by Crippen LogP contribution is 2.31. The van der Waals surface area contributed by atoms with Gasteiger partial charge in [-0.25, -0.2) is 19.2 Å². The number of aromatic nitrogens is 4. The van der Waals surface area contributed by atoms with Gasteiger partial charge >= 0.3 is 5.97 Å². The average Bonchev–Trinajstić information content (AvgIpc) is 3.46. The summed E-state index contributed by atoms with van der Waals surface area (Å²) in [5.74, 6) is -0.381. The number of nitriles is 1. The minimum absolute atomic E-state index is 0.194. The summed E-state index contributed by atoms with van der Waals surface area (Å²) in [6.07, 6.45) is 1.42. The molecule has 0 bridgehead atoms. The Kier molecular flexibility index (Phi) is 5.51. The molecule has 3 N–H and O–H groups in total. The lowest BCUT2D eigenvalue weighted by molar-refractivity contribution is 0.0697. The summed E-state index contributed by atoms with van der Waals surface area (Å²) < 4.78 is 21.5. The lowest BCUT2D eigenvalue weighted by Crippen LogP contribution is -2.13. The lowest BCUT2D eigenvalue weighted by atomic mass is 10.1. The summed E-state index contributed by atoms with van der Waals surface area (Å²) in [4.78, 5) is 23.0. The number of nitrogens with one attached hydrogen (secondary N) is 2. The molecule has 35 heavy (non-hydrogen) atoms. The Morgan fingerprint density at radius 1 is 1.23 bits per heavy atom. The Hall–Kier alpha value is -4.91. The molecule has 0 saturated carbocycles. The van der Waals surface area contributed by atoms with E-state index in [4.69, 9.17) is 4.74 Å². The minimum Gasteiger partial charge on any atom is -0.496 e. The highest BCUT2D eigenvalue weighted by atomic mass is 19.1. The fourth-order valence-electron chi connectivity index (χ4n) is 4.11. The first-order valence-electron chi connectivity index (χ1n) is 10.7. The molecule has 0 spiro atoms. The molecule has 3 heterocycles. The van der Waals surface area contributed by atoms with Crippen molar-refractivity contribution in [2.75, 3.05) is 19.0 Å². The molecule has 0 fully saturated rings. The maximum atomic E-state index is 14.6. The molecule has 0 radical (unpaired) electrons. The molecule has 9 nitrogen and oxygen atoms in total. The van der Waals surface area contributed by atoms with Crippen LogP contribution in [0.2, 0.25) is 0 Å². The van der Waals surface area contributed by atoms with Gasteiger partial charge in [-0.05, 0) is 36.4 Å². The number of fused-ring (bicyclic) bond motifs is 2. The Morgan fingerprint density at radius 3 is 2.86 bits per heavy atom. The Morgan fingerprint density at radius 2 is 2.09 bits per heavy atom. The number of benzene rings is 2. The summed E-state index contributed by atoms with van der Waals surface area (Å²) in [6.45, 7) is 0.695. The van der Waals surface area contributed by atoms with E-state index < -0.39 is 11.8 Å². The molecule has 5 rings (SSSR count). The Bertz CT molecular complexity index is 1630. The second-order valence-electron chi connectivity index (χ2n) is 7.81. The fraction of sp³-hybridized carbons (Fsp3) is 0.120. The number of carboxylic acid groups (broad SMARTS) is 1. The molecule has 3 aromatic heterocycles. The van der Waals surface area contributed by atoms with Gasteiger partial charge < -0.3 is 24.7 Å². The number of anilines is 1. The summed E-state index contributed by atoms with van der Waals surface area (Å²) in [7, 11) is 1.50. The molecule has 5 aromatic rings. The van der Waals surface area contributed by atoms with Crippen molar-refractivity contribution < 1.29 is 19.0 Å². The first-order valence-corrected chi connectivity index (χ1v) is 10.7. The zero-order valence-corrected chi connectivity index (χ0v) is 18.5. The third-order valence-electron chi connectivity index (χ3n) is 5.76. The third-order valence-corrected chi connectivity index (χ3v) is 5.76. The molecule has 0 aliphatic carbocycles. The number of aromatic amines is 1. The highest BCUT2D eigenvalue weighted by Gasteiger charge is 2.16. The summed E-state index contributed by atoms with van der Waals surface area (Å²) in [5, 5.41) is 23.3. The van der Waals surface area contributed by atoms with E-state index in [-0.39, 0.29) is 5.56 Å². The van der Waals surface area contributed by atoms with E-state index in [2.05, 4.69) is 26.3 Å². The van der Waals surface area contributed by atoms with Crippen LogP contribution in [0.1, 0.15) is 16.1 Å². The number of carboxylic acids is 1. The zero-order valence-electron chi connectivity index (χ0n) is 18.5. The van der Waals surface area contributed by atoms with Gasteiger partial charge in [0.1, 0.15) is 35.5 Å². The topological polar surface area (TPSA) is 129 Å². The molecule has 0 aliphatic heterocycles. The van der Waals surface area contributed by atoms with Crippen molar-refractivity contribution in [3.63, 3.8) is 0 Å². The zero-order chi connectivity index (χ0) is 24.5. The van der Waals surface area contributed by atoms with Crippen molar-refractivity contribution in [2.24, 2.45) is 0 Å². The minimum atomic E-state index is -0.995. The quantitative estimate of drug-likeness (QED) is 0.321. The number of hydrogen-bond acceptors (Lipinski definition) is 6. The predicted molar refractivity (Wildman–Crippen MR) is 128 cm³/mol. The molecule has 0 atom stereocenters. The number of carbonyl (C=O) groups is 1. The van der Waals surface area contributed by atoms with Gasteiger partial charge in [0.25, 0.3) is 0 Å². The van der Waals surface area contributed by atoms with Gasteiger partial charge in [0.15, 0.2) is 0 Å². The van der Waals surface area contributed by atoms with Gasteiger partial charge in [0.2, 0.25) is 0 Å². The predicted octanol–water partition coefficient (Wildman–Crippen LogP) is 4.41. The summed E-state index contributed by atoms with van der Waals surface area (Å²) in [6, 6.07) is 15.1. The van der Waals surface area contributed by atoms with E-state index in [0.29, 0.717) is 58.2 Å². The van der Waals surface area contributed by atoms with E-state index in [1.54, 1.807) is 34.9 Å². The number of halogens is 1. The SMILES string of the molecule is COc1ccc(F)c2c1cc(C#N)n2CCNc1cc(-c2cc3ccc(C(=O)O)cc3[nH]2)ncn1. The first-order chi connectivity index (χ1) is 17.0. The van der Waals surface area contributed by atoms with Crippen LogP contribution in [0.5, 0.6) is 5.75 Å². The largest absolute Gasteiger partial charge is 0.496 e. The molecule has 0 amide bonds. The van der Waals surface area contributed by atoms with Crippen LogP contribution in [0.4, 0.5) is 10.2 Å². The Balaban J connectivity index is 1.37. The number of hydrogen-bond donors (Lipinski definition) is 3. The van der Waals surface area contributed by atoms with E-state index in [0.717, 1.165) is 5.39 Å².